The predicted octanol–water partition coefficient (Wildman–Crippen LogP) is 9.80. The Hall–Kier alpha value is -4.72. The number of fused-ring (bicyclic) bond motifs is 4. The molecule has 8 heteroatoms. The van der Waals surface area contributed by atoms with E-state index in [9.17, 15) is 26.3 Å². The highest BCUT2D eigenvalue weighted by atomic mass is 19.4. The molecule has 0 amide bonds. The first kappa shape index (κ1) is 24.3. The maximum absolute atomic E-state index is 13.2. The molecule has 0 saturated heterocycles. The van der Waals surface area contributed by atoms with Gasteiger partial charge in [0.25, 0.3) is 0 Å². The molecule has 0 N–H and O–H groups in total. The van der Waals surface area contributed by atoms with Crippen molar-refractivity contribution < 1.29 is 26.3 Å². The van der Waals surface area contributed by atoms with Crippen LogP contribution in [0.5, 0.6) is 0 Å². The zero-order valence-corrected chi connectivity index (χ0v) is 20.4. The molecule has 1 aliphatic carbocycles. The summed E-state index contributed by atoms with van der Waals surface area (Å²) in [6, 6.07) is 24.8. The number of benzene rings is 5. The third-order valence-electron chi connectivity index (χ3n) is 7.28. The number of halogens is 6. The van der Waals surface area contributed by atoms with Crippen LogP contribution in [0.1, 0.15) is 11.1 Å². The minimum absolute atomic E-state index is 0.445. The molecule has 6 aromatic rings. The Morgan fingerprint density at radius 2 is 0.825 bits per heavy atom. The summed E-state index contributed by atoms with van der Waals surface area (Å²) in [4.78, 5) is 10.0. The largest absolute Gasteiger partial charge is 0.416 e. The molecule has 1 aromatic heterocycles. The Morgan fingerprint density at radius 1 is 0.425 bits per heavy atom. The van der Waals surface area contributed by atoms with Gasteiger partial charge in [-0.1, -0.05) is 72.8 Å². The number of aromatic nitrogens is 2. The van der Waals surface area contributed by atoms with Crippen LogP contribution in [0.2, 0.25) is 0 Å². The van der Waals surface area contributed by atoms with Crippen LogP contribution in [0.4, 0.5) is 26.3 Å². The van der Waals surface area contributed by atoms with Gasteiger partial charge < -0.3 is 0 Å². The number of alkyl halides is 6. The normalized spacial score (nSPS) is 12.8. The molecule has 7 rings (SSSR count). The number of rotatable bonds is 2. The third-order valence-corrected chi connectivity index (χ3v) is 7.28. The third kappa shape index (κ3) is 3.74. The lowest BCUT2D eigenvalue weighted by Gasteiger charge is -2.14. The van der Waals surface area contributed by atoms with Crippen LogP contribution in [0, 0.1) is 0 Å². The zero-order valence-electron chi connectivity index (χ0n) is 20.4. The summed E-state index contributed by atoms with van der Waals surface area (Å²) in [7, 11) is 0. The maximum atomic E-state index is 13.2. The quantitative estimate of drug-likeness (QED) is 0.203. The van der Waals surface area contributed by atoms with Crippen LogP contribution in [0.3, 0.4) is 0 Å². The highest BCUT2D eigenvalue weighted by Crippen LogP contribution is 2.47. The van der Waals surface area contributed by atoms with E-state index in [0.717, 1.165) is 46.2 Å². The van der Waals surface area contributed by atoms with Gasteiger partial charge in [0.2, 0.25) is 0 Å². The molecule has 0 radical (unpaired) electrons. The summed E-state index contributed by atoms with van der Waals surface area (Å²) in [5.74, 6) is 0. The molecule has 0 unspecified atom stereocenters. The topological polar surface area (TPSA) is 25.8 Å². The first-order valence-electron chi connectivity index (χ1n) is 12.3. The second-order valence-electron chi connectivity index (χ2n) is 9.64. The van der Waals surface area contributed by atoms with Gasteiger partial charge in [-0.2, -0.15) is 26.3 Å². The summed E-state index contributed by atoms with van der Waals surface area (Å²) in [5, 5.41) is 2.02. The molecule has 0 spiro atoms. The summed E-state index contributed by atoms with van der Waals surface area (Å²) in [6.07, 6.45) is -8.95. The van der Waals surface area contributed by atoms with Crippen LogP contribution in [-0.4, -0.2) is 9.97 Å². The molecule has 0 aliphatic heterocycles. The van der Waals surface area contributed by atoms with E-state index in [1.807, 2.05) is 36.4 Å². The van der Waals surface area contributed by atoms with E-state index in [-0.39, 0.29) is 0 Å². The fraction of sp³-hybridized carbons (Fsp3) is 0.0625. The van der Waals surface area contributed by atoms with Gasteiger partial charge in [-0.3, -0.25) is 0 Å². The van der Waals surface area contributed by atoms with Crippen molar-refractivity contribution in [1.29, 1.82) is 0 Å². The smallest absolute Gasteiger partial charge is 0.243 e. The van der Waals surface area contributed by atoms with Gasteiger partial charge in [0, 0.05) is 27.6 Å². The predicted molar refractivity (Wildman–Crippen MR) is 142 cm³/mol. The second-order valence-corrected chi connectivity index (χ2v) is 9.64. The highest BCUT2D eigenvalue weighted by Gasteiger charge is 2.32. The Morgan fingerprint density at radius 3 is 1.20 bits per heavy atom. The van der Waals surface area contributed by atoms with Crippen LogP contribution < -0.4 is 0 Å². The van der Waals surface area contributed by atoms with Crippen molar-refractivity contribution in [3.05, 3.63) is 108 Å². The fourth-order valence-corrected chi connectivity index (χ4v) is 5.39. The van der Waals surface area contributed by atoms with Crippen LogP contribution in [-0.2, 0) is 12.4 Å². The molecule has 196 valence electrons. The van der Waals surface area contributed by atoms with Crippen LogP contribution >= 0.6 is 0 Å². The van der Waals surface area contributed by atoms with Gasteiger partial charge >= 0.3 is 12.4 Å². The van der Waals surface area contributed by atoms with Crippen LogP contribution in [0.15, 0.2) is 97.1 Å². The van der Waals surface area contributed by atoms with E-state index in [1.54, 1.807) is 12.1 Å². The summed E-state index contributed by atoms with van der Waals surface area (Å²) < 4.78 is 79.3. The summed E-state index contributed by atoms with van der Waals surface area (Å²) in [6.45, 7) is 0. The molecule has 0 saturated carbocycles. The standard InChI is InChI=1S/C32H16F6N2/c33-31(34,35)20-11-7-17(8-12-20)22-15-16-23(18-9-13-21(14-10-18)32(36,37)38)28-27(22)39-29-24-5-1-3-19-4-2-6-25(26(19)24)30(29)40-28/h1-16H. The van der Waals surface area contributed by atoms with Crippen molar-refractivity contribution in [3.8, 4) is 44.8 Å². The Kier molecular flexibility index (Phi) is 5.10. The molecule has 1 aliphatic rings. The molecule has 40 heavy (non-hydrogen) atoms. The van der Waals surface area contributed by atoms with Gasteiger partial charge in [0.1, 0.15) is 0 Å². The van der Waals surface area contributed by atoms with Gasteiger partial charge in [-0.15, -0.1) is 0 Å². The molecule has 2 nitrogen and oxygen atoms in total. The van der Waals surface area contributed by atoms with Crippen molar-refractivity contribution in [3.63, 3.8) is 0 Å². The maximum Gasteiger partial charge on any atom is 0.416 e. The minimum atomic E-state index is -4.47. The number of hydrogen-bond donors (Lipinski definition) is 0. The number of nitrogens with zero attached hydrogens (tertiary/aromatic N) is 2. The van der Waals surface area contributed by atoms with Crippen molar-refractivity contribution in [2.45, 2.75) is 12.4 Å². The summed E-state index contributed by atoms with van der Waals surface area (Å²) >= 11 is 0. The average molecular weight is 542 g/mol. The van der Waals surface area contributed by atoms with Crippen LogP contribution in [0.25, 0.3) is 66.6 Å². The van der Waals surface area contributed by atoms with E-state index < -0.39 is 23.5 Å². The van der Waals surface area contributed by atoms with E-state index in [0.29, 0.717) is 44.7 Å². The molecule has 0 atom stereocenters. The SMILES string of the molecule is FC(F)(F)c1ccc(-c2ccc(-c3ccc(C(F)(F)F)cc3)c3nc4c(nc23)-c2cccc3cccc-4c23)cc1. The monoisotopic (exact) mass is 542 g/mol. The van der Waals surface area contributed by atoms with Gasteiger partial charge in [0.15, 0.2) is 0 Å². The fourth-order valence-electron chi connectivity index (χ4n) is 5.39. The molecular formula is C32H16F6N2. The lowest BCUT2D eigenvalue weighted by atomic mass is 9.96. The van der Waals surface area contributed by atoms with E-state index in [4.69, 9.17) is 9.97 Å². The van der Waals surface area contributed by atoms with E-state index in [1.165, 1.54) is 24.3 Å². The molecule has 0 bridgehead atoms. The molecule has 5 aromatic carbocycles. The Bertz CT molecular complexity index is 1820. The highest BCUT2D eigenvalue weighted by molar-refractivity contribution is 6.15. The molecule has 0 fully saturated rings. The molecular weight excluding hydrogens is 526 g/mol. The first-order valence-corrected chi connectivity index (χ1v) is 12.3. The summed E-state index contributed by atoms with van der Waals surface area (Å²) in [5.41, 5.74) is 4.62. The Labute approximate surface area is 223 Å². The molecule has 1 heterocycles. The lowest BCUT2D eigenvalue weighted by molar-refractivity contribution is -0.138. The van der Waals surface area contributed by atoms with Crippen molar-refractivity contribution in [1.82, 2.24) is 9.97 Å². The van der Waals surface area contributed by atoms with Crippen molar-refractivity contribution in [2.75, 3.05) is 0 Å². The van der Waals surface area contributed by atoms with Crippen molar-refractivity contribution >= 4 is 21.8 Å². The van der Waals surface area contributed by atoms with Gasteiger partial charge in [-0.25, -0.2) is 9.97 Å². The van der Waals surface area contributed by atoms with E-state index in [2.05, 4.69) is 0 Å². The lowest BCUT2D eigenvalue weighted by Crippen LogP contribution is -2.04. The number of hydrogen-bond acceptors (Lipinski definition) is 2. The van der Waals surface area contributed by atoms with Gasteiger partial charge in [-0.05, 0) is 40.8 Å². The van der Waals surface area contributed by atoms with Crippen molar-refractivity contribution in [2.24, 2.45) is 0 Å². The Balaban J connectivity index is 1.50. The minimum Gasteiger partial charge on any atom is -0.243 e. The van der Waals surface area contributed by atoms with E-state index >= 15 is 0 Å². The average Bonchev–Trinajstić information content (AvgIpc) is 3.25. The first-order chi connectivity index (χ1) is 19.1. The van der Waals surface area contributed by atoms with Gasteiger partial charge in [0.05, 0.1) is 33.5 Å². The zero-order chi connectivity index (χ0) is 27.8. The second kappa shape index (κ2) is 8.39.